The topological polar surface area (TPSA) is 222 Å². The number of nitrogens with one attached hydrogen (secondary N) is 1. The lowest BCUT2D eigenvalue weighted by Crippen LogP contribution is -2.61. The highest BCUT2D eigenvalue weighted by atomic mass is 35.5. The number of aldehydes is 1. The lowest BCUT2D eigenvalue weighted by molar-refractivity contribution is -0.124. The first-order valence-electron chi connectivity index (χ1n) is 23.0. The highest BCUT2D eigenvalue weighted by molar-refractivity contribution is 6.30. The fraction of sp³-hybridized carbons (Fsp3) is 0.449. The fourth-order valence-electron chi connectivity index (χ4n) is 9.17. The van der Waals surface area contributed by atoms with Gasteiger partial charge in [-0.3, -0.25) is 23.7 Å². The highest BCUT2D eigenvalue weighted by Gasteiger charge is 2.45. The van der Waals surface area contributed by atoms with Crippen LogP contribution >= 0.6 is 11.6 Å². The number of amides is 3. The minimum Gasteiger partial charge on any atom is -0.491 e. The fourth-order valence-corrected chi connectivity index (χ4v) is 9.33. The summed E-state index contributed by atoms with van der Waals surface area (Å²) in [5.74, 6) is -1.16. The molecule has 2 unspecified atom stereocenters. The van der Waals surface area contributed by atoms with Crippen LogP contribution in [0.3, 0.4) is 0 Å². The molecule has 0 aliphatic carbocycles. The number of fused-ring (bicyclic) bond motifs is 2. The summed E-state index contributed by atoms with van der Waals surface area (Å²) in [6.45, 7) is 12.1. The Labute approximate surface area is 404 Å². The van der Waals surface area contributed by atoms with Crippen LogP contribution < -0.4 is 26.4 Å². The second-order valence-electron chi connectivity index (χ2n) is 18.8. The van der Waals surface area contributed by atoms with E-state index in [1.54, 1.807) is 36.7 Å². The zero-order chi connectivity index (χ0) is 48.9. The SMILES string of the molecule is CC(C)(C)OCC(C=O)CC(C(N)=O)N1Cc2c(OCCOCCOCCN3CC4(CCN(c5nc(-c6ccc(C(=O)Nc7cc(Cl)ccn7)cc6F)c6c(N)nccn56)CC4)C3)cccc2C1=O. The van der Waals surface area contributed by atoms with Gasteiger partial charge in [-0.15, -0.1) is 0 Å². The number of hydrogen-bond donors (Lipinski definition) is 3. The van der Waals surface area contributed by atoms with Gasteiger partial charge in [0.05, 0.1) is 45.2 Å². The lowest BCUT2D eigenvalue weighted by Gasteiger charge is -2.54. The van der Waals surface area contributed by atoms with Crippen LogP contribution in [0.15, 0.2) is 67.1 Å². The first-order chi connectivity index (χ1) is 33.1. The minimum atomic E-state index is -0.984. The van der Waals surface area contributed by atoms with Crippen molar-refractivity contribution in [2.45, 2.75) is 58.2 Å². The van der Waals surface area contributed by atoms with E-state index in [4.69, 9.17) is 47.0 Å². The van der Waals surface area contributed by atoms with Gasteiger partial charge >= 0.3 is 0 Å². The van der Waals surface area contributed by atoms with E-state index in [1.807, 2.05) is 25.2 Å². The number of imidazole rings is 1. The number of pyridine rings is 1. The molecule has 366 valence electrons. The van der Waals surface area contributed by atoms with Gasteiger partial charge in [0.15, 0.2) is 0 Å². The monoisotopic (exact) mass is 968 g/mol. The molecule has 20 heteroatoms. The molecule has 3 aromatic heterocycles. The van der Waals surface area contributed by atoms with E-state index in [9.17, 15) is 19.2 Å². The third-order valence-electron chi connectivity index (χ3n) is 12.8. The number of ether oxygens (including phenoxy) is 4. The number of halogens is 2. The van der Waals surface area contributed by atoms with Crippen molar-refractivity contribution in [3.63, 3.8) is 0 Å². The number of likely N-dealkylation sites (tertiary alicyclic amines) is 1. The van der Waals surface area contributed by atoms with Crippen LogP contribution in [-0.2, 0) is 30.3 Å². The number of hydrogen-bond acceptors (Lipinski definition) is 14. The van der Waals surface area contributed by atoms with Gasteiger partial charge in [-0.1, -0.05) is 17.7 Å². The third kappa shape index (κ3) is 11.5. The summed E-state index contributed by atoms with van der Waals surface area (Å²) >= 11 is 6.02. The minimum absolute atomic E-state index is 0.0585. The number of rotatable bonds is 21. The predicted octanol–water partition coefficient (Wildman–Crippen LogP) is 5.26. The van der Waals surface area contributed by atoms with Crippen molar-refractivity contribution in [2.24, 2.45) is 17.1 Å². The van der Waals surface area contributed by atoms with Crippen molar-refractivity contribution in [2.75, 3.05) is 88.3 Å². The van der Waals surface area contributed by atoms with Crippen LogP contribution in [0.2, 0.25) is 5.02 Å². The zero-order valence-electron chi connectivity index (χ0n) is 39.0. The molecule has 2 fully saturated rings. The van der Waals surface area contributed by atoms with E-state index >= 15 is 4.39 Å². The van der Waals surface area contributed by atoms with E-state index in [0.717, 1.165) is 51.9 Å². The molecule has 3 aliphatic rings. The Balaban J connectivity index is 0.745. The van der Waals surface area contributed by atoms with Gasteiger partial charge in [-0.05, 0) is 87.9 Å². The Morgan fingerprint density at radius 2 is 1.74 bits per heavy atom. The Kier molecular flexibility index (Phi) is 15.1. The van der Waals surface area contributed by atoms with Crippen molar-refractivity contribution in [3.8, 4) is 17.0 Å². The van der Waals surface area contributed by atoms with Crippen molar-refractivity contribution in [1.82, 2.24) is 29.2 Å². The van der Waals surface area contributed by atoms with E-state index in [2.05, 4.69) is 25.1 Å². The van der Waals surface area contributed by atoms with Crippen molar-refractivity contribution in [3.05, 3.63) is 94.7 Å². The molecule has 0 radical (unpaired) electrons. The molecule has 2 aromatic carbocycles. The maximum absolute atomic E-state index is 15.8. The molecule has 5 N–H and O–H groups in total. The number of carbonyl (C=O) groups excluding carboxylic acids is 4. The molecule has 18 nitrogen and oxygen atoms in total. The molecule has 2 atom stereocenters. The third-order valence-corrected chi connectivity index (χ3v) is 13.0. The molecule has 3 amide bonds. The molecule has 8 rings (SSSR count). The van der Waals surface area contributed by atoms with Gasteiger partial charge in [-0.2, -0.15) is 0 Å². The van der Waals surface area contributed by atoms with Crippen LogP contribution in [0.1, 0.15) is 66.3 Å². The van der Waals surface area contributed by atoms with Gasteiger partial charge in [0.1, 0.15) is 53.3 Å². The predicted molar refractivity (Wildman–Crippen MR) is 257 cm³/mol. The van der Waals surface area contributed by atoms with E-state index in [-0.39, 0.29) is 60.3 Å². The van der Waals surface area contributed by atoms with Crippen molar-refractivity contribution < 1.29 is 42.5 Å². The van der Waals surface area contributed by atoms with Crippen molar-refractivity contribution in [1.29, 1.82) is 0 Å². The Bertz CT molecular complexity index is 2680. The van der Waals surface area contributed by atoms with Crippen LogP contribution in [0, 0.1) is 17.2 Å². The molecule has 3 aliphatic heterocycles. The quantitative estimate of drug-likeness (QED) is 0.0631. The molecule has 0 bridgehead atoms. The molecule has 2 saturated heterocycles. The molecule has 6 heterocycles. The van der Waals surface area contributed by atoms with Crippen LogP contribution in [0.25, 0.3) is 16.8 Å². The van der Waals surface area contributed by atoms with E-state index in [0.29, 0.717) is 65.5 Å². The van der Waals surface area contributed by atoms with Crippen molar-refractivity contribution >= 4 is 58.7 Å². The van der Waals surface area contributed by atoms with Gasteiger partial charge in [0.2, 0.25) is 11.9 Å². The number of nitrogen functional groups attached to an aromatic ring is 1. The van der Waals surface area contributed by atoms with Gasteiger partial charge in [0.25, 0.3) is 11.8 Å². The largest absolute Gasteiger partial charge is 0.491 e. The smallest absolute Gasteiger partial charge is 0.256 e. The lowest BCUT2D eigenvalue weighted by atomic mass is 9.72. The molecule has 0 saturated carbocycles. The molecular formula is C49H58ClFN10O8. The summed E-state index contributed by atoms with van der Waals surface area (Å²) in [5.41, 5.74) is 14.1. The Morgan fingerprint density at radius 1 is 0.986 bits per heavy atom. The van der Waals surface area contributed by atoms with Gasteiger partial charge < -0.3 is 50.3 Å². The number of anilines is 3. The molecule has 5 aromatic rings. The zero-order valence-corrected chi connectivity index (χ0v) is 39.8. The van der Waals surface area contributed by atoms with Crippen LogP contribution in [-0.4, -0.2) is 137 Å². The standard InChI is InChI=1S/C49H58ClFN10O8/c1-48(2,3)69-28-31(27-62)23-38(44(53)63)61-26-36-34(46(61)65)5-4-6-39(36)68-22-21-67-20-19-66-18-17-58-29-49(30-58)10-14-59(15-11-49)47-57-41(42-43(52)55-13-16-60(42)47)35-8-7-32(24-37(35)51)45(64)56-40-25-33(50)9-12-54-40/h4-9,12-13,16,24-25,27,31,38H,10-11,14-15,17-23,26,28-30H2,1-3H3,(H2,52,55)(H2,53,63)(H,54,56,64). The second-order valence-corrected chi connectivity index (χ2v) is 19.2. The van der Waals surface area contributed by atoms with E-state index in [1.165, 1.54) is 35.4 Å². The number of nitrogens with two attached hydrogens (primary N) is 2. The highest BCUT2D eigenvalue weighted by Crippen LogP contribution is 2.42. The van der Waals surface area contributed by atoms with Crippen LogP contribution in [0.4, 0.5) is 22.0 Å². The number of carbonyl (C=O) groups is 4. The number of benzene rings is 2. The number of primary amides is 1. The summed E-state index contributed by atoms with van der Waals surface area (Å²) in [5, 5.41) is 3.05. The summed E-state index contributed by atoms with van der Waals surface area (Å²) < 4.78 is 41.1. The molecular weight excluding hydrogens is 911 g/mol. The second kappa shape index (κ2) is 21.2. The Hall–Kier alpha value is -6.25. The Morgan fingerprint density at radius 3 is 2.45 bits per heavy atom. The maximum Gasteiger partial charge on any atom is 0.256 e. The first kappa shape index (κ1) is 49.2. The number of aromatic nitrogens is 4. The average Bonchev–Trinajstić information content (AvgIpc) is 3.86. The maximum atomic E-state index is 15.8. The number of piperidine rings is 1. The van der Waals surface area contributed by atoms with Gasteiger partial charge in [-0.25, -0.2) is 19.3 Å². The first-order valence-corrected chi connectivity index (χ1v) is 23.4. The summed E-state index contributed by atoms with van der Waals surface area (Å²) in [7, 11) is 0. The van der Waals surface area contributed by atoms with Crippen LogP contribution in [0.5, 0.6) is 5.75 Å². The average molecular weight is 970 g/mol. The summed E-state index contributed by atoms with van der Waals surface area (Å²) in [6, 6.07) is 11.5. The molecule has 1 spiro atoms. The summed E-state index contributed by atoms with van der Waals surface area (Å²) in [4.78, 5) is 70.0. The molecule has 69 heavy (non-hydrogen) atoms. The summed E-state index contributed by atoms with van der Waals surface area (Å²) in [6.07, 6.45) is 7.58. The number of nitrogens with zero attached hydrogens (tertiary/aromatic N) is 7. The van der Waals surface area contributed by atoms with Gasteiger partial charge in [0, 0.05) is 84.5 Å². The van der Waals surface area contributed by atoms with E-state index < -0.39 is 35.2 Å². The normalized spacial score (nSPS) is 16.6.